The summed E-state index contributed by atoms with van der Waals surface area (Å²) in [4.78, 5) is 27.3. The zero-order valence-corrected chi connectivity index (χ0v) is 20.8. The summed E-state index contributed by atoms with van der Waals surface area (Å²) in [6.45, 7) is 0. The number of thiazole rings is 1. The van der Waals surface area contributed by atoms with Gasteiger partial charge in [-0.15, -0.1) is 11.3 Å². The normalized spacial score (nSPS) is 10.9. The lowest BCUT2D eigenvalue weighted by Gasteiger charge is -2.10. The molecule has 0 aliphatic carbocycles. The Hall–Kier alpha value is -3.99. The molecule has 0 unspecified atom stereocenters. The van der Waals surface area contributed by atoms with Crippen LogP contribution in [0.1, 0.15) is 15.9 Å². The number of hydrogen-bond donors (Lipinski definition) is 1. The number of ether oxygens (including phenoxy) is 2. The lowest BCUT2D eigenvalue weighted by Crippen LogP contribution is -2.09. The number of carbonyl (C=O) groups is 1. The van der Waals surface area contributed by atoms with Crippen LogP contribution < -0.4 is 14.9 Å². The standard InChI is InChI=1S/C24H16Cl2N4O5S/c1-34-22-9-14(5-8-21(22)35-23(31)15-3-2-4-17(10-15)30(32)33)12-27-29-24-28-20(13-36-24)18-7-6-16(25)11-19(18)26/h2-13H,1H3,(H,28,29)/b27-12+. The number of methoxy groups -OCH3 is 1. The number of nitro benzene ring substituents is 1. The van der Waals surface area contributed by atoms with Crippen LogP contribution in [0.25, 0.3) is 11.3 Å². The molecule has 0 radical (unpaired) electrons. The largest absolute Gasteiger partial charge is 0.493 e. The van der Waals surface area contributed by atoms with Gasteiger partial charge in [0.1, 0.15) is 0 Å². The van der Waals surface area contributed by atoms with Gasteiger partial charge in [0, 0.05) is 28.1 Å². The molecule has 0 saturated heterocycles. The van der Waals surface area contributed by atoms with Crippen LogP contribution in [0.2, 0.25) is 10.0 Å². The van der Waals surface area contributed by atoms with Crippen molar-refractivity contribution in [1.82, 2.24) is 4.98 Å². The number of nitro groups is 1. The minimum atomic E-state index is -0.750. The molecule has 1 N–H and O–H groups in total. The van der Waals surface area contributed by atoms with Crippen molar-refractivity contribution in [3.8, 4) is 22.8 Å². The van der Waals surface area contributed by atoms with Crippen LogP contribution in [-0.4, -0.2) is 29.2 Å². The van der Waals surface area contributed by atoms with Crippen LogP contribution in [0.3, 0.4) is 0 Å². The number of rotatable bonds is 8. The number of hydrazone groups is 1. The summed E-state index contributed by atoms with van der Waals surface area (Å²) in [5, 5.41) is 18.6. The predicted octanol–water partition coefficient (Wildman–Crippen LogP) is 6.70. The molecule has 0 bridgehead atoms. The molecule has 9 nitrogen and oxygen atoms in total. The average molecular weight is 543 g/mol. The Balaban J connectivity index is 1.43. The topological polar surface area (TPSA) is 116 Å². The summed E-state index contributed by atoms with van der Waals surface area (Å²) in [5.74, 6) is -0.310. The fourth-order valence-corrected chi connectivity index (χ4v) is 4.23. The number of nitrogens with zero attached hydrogens (tertiary/aromatic N) is 3. The number of nitrogens with one attached hydrogen (secondary N) is 1. The Labute approximate surface area is 219 Å². The fraction of sp³-hybridized carbons (Fsp3) is 0.0417. The van der Waals surface area contributed by atoms with Gasteiger partial charge in [0.2, 0.25) is 5.13 Å². The molecule has 0 aliphatic rings. The van der Waals surface area contributed by atoms with Crippen LogP contribution in [0.15, 0.2) is 71.1 Å². The summed E-state index contributed by atoms with van der Waals surface area (Å²) >= 11 is 13.5. The highest BCUT2D eigenvalue weighted by Gasteiger charge is 2.16. The molecule has 1 aromatic heterocycles. The lowest BCUT2D eigenvalue weighted by atomic mass is 10.2. The van der Waals surface area contributed by atoms with Crippen LogP contribution in [-0.2, 0) is 0 Å². The Morgan fingerprint density at radius 2 is 1.97 bits per heavy atom. The maximum Gasteiger partial charge on any atom is 0.343 e. The van der Waals surface area contributed by atoms with Gasteiger partial charge in [-0.1, -0.05) is 29.3 Å². The third-order valence-corrected chi connectivity index (χ3v) is 6.06. The van der Waals surface area contributed by atoms with E-state index in [4.69, 9.17) is 32.7 Å². The molecule has 0 amide bonds. The van der Waals surface area contributed by atoms with E-state index in [0.29, 0.717) is 26.4 Å². The molecule has 12 heteroatoms. The van der Waals surface area contributed by atoms with Crippen molar-refractivity contribution in [2.75, 3.05) is 12.5 Å². The molecule has 1 heterocycles. The van der Waals surface area contributed by atoms with Crippen molar-refractivity contribution in [3.05, 3.63) is 97.3 Å². The molecule has 4 aromatic rings. The fourth-order valence-electron chi connectivity index (χ4n) is 3.06. The maximum absolute atomic E-state index is 12.5. The Bertz CT molecular complexity index is 1470. The van der Waals surface area contributed by atoms with E-state index in [0.717, 1.165) is 11.6 Å². The highest BCUT2D eigenvalue weighted by atomic mass is 35.5. The van der Waals surface area contributed by atoms with Gasteiger partial charge >= 0.3 is 5.97 Å². The van der Waals surface area contributed by atoms with Crippen molar-refractivity contribution in [1.29, 1.82) is 0 Å². The number of non-ortho nitro benzene ring substituents is 1. The SMILES string of the molecule is COc1cc(/C=N/Nc2nc(-c3ccc(Cl)cc3Cl)cs2)ccc1OC(=O)c1cccc([N+](=O)[O-])c1. The molecular formula is C24H16Cl2N4O5S. The Morgan fingerprint density at radius 1 is 1.14 bits per heavy atom. The molecule has 0 spiro atoms. The molecule has 36 heavy (non-hydrogen) atoms. The third kappa shape index (κ3) is 5.98. The first kappa shape index (κ1) is 25.1. The maximum atomic E-state index is 12.5. The number of benzene rings is 3. The van der Waals surface area contributed by atoms with E-state index in [2.05, 4.69) is 15.5 Å². The Kier molecular flexibility index (Phi) is 7.79. The van der Waals surface area contributed by atoms with Crippen molar-refractivity contribution in [2.45, 2.75) is 0 Å². The first-order valence-electron chi connectivity index (χ1n) is 10.2. The summed E-state index contributed by atoms with van der Waals surface area (Å²) in [6.07, 6.45) is 1.55. The first-order chi connectivity index (χ1) is 17.3. The molecule has 0 atom stereocenters. The highest BCUT2D eigenvalue weighted by molar-refractivity contribution is 7.14. The van der Waals surface area contributed by atoms with E-state index in [1.54, 1.807) is 42.6 Å². The quantitative estimate of drug-likeness (QED) is 0.0865. The first-order valence-corrected chi connectivity index (χ1v) is 11.8. The second kappa shape index (κ2) is 11.2. The molecule has 3 aromatic carbocycles. The van der Waals surface area contributed by atoms with Crippen molar-refractivity contribution in [2.24, 2.45) is 5.10 Å². The smallest absolute Gasteiger partial charge is 0.343 e. The van der Waals surface area contributed by atoms with Crippen LogP contribution >= 0.6 is 34.5 Å². The highest BCUT2D eigenvalue weighted by Crippen LogP contribution is 2.32. The van der Waals surface area contributed by atoms with E-state index in [1.807, 2.05) is 5.38 Å². The predicted molar refractivity (Wildman–Crippen MR) is 140 cm³/mol. The van der Waals surface area contributed by atoms with Crippen molar-refractivity contribution in [3.63, 3.8) is 0 Å². The third-order valence-electron chi connectivity index (χ3n) is 4.77. The summed E-state index contributed by atoms with van der Waals surface area (Å²) in [7, 11) is 1.43. The second-order valence-corrected chi connectivity index (χ2v) is 8.84. The zero-order chi connectivity index (χ0) is 25.7. The molecule has 182 valence electrons. The van der Waals surface area contributed by atoms with Gasteiger partial charge in [0.05, 0.1) is 34.5 Å². The molecule has 0 saturated carbocycles. The summed E-state index contributed by atoms with van der Waals surface area (Å²) in [6, 6.07) is 15.3. The summed E-state index contributed by atoms with van der Waals surface area (Å²) in [5.41, 5.74) is 4.81. The van der Waals surface area contributed by atoms with Crippen LogP contribution in [0.4, 0.5) is 10.8 Å². The number of esters is 1. The summed E-state index contributed by atoms with van der Waals surface area (Å²) < 4.78 is 10.7. The van der Waals surface area contributed by atoms with Gasteiger partial charge in [0.15, 0.2) is 11.5 Å². The van der Waals surface area contributed by atoms with Gasteiger partial charge in [-0.25, -0.2) is 9.78 Å². The van der Waals surface area contributed by atoms with Gasteiger partial charge in [-0.2, -0.15) is 5.10 Å². The minimum Gasteiger partial charge on any atom is -0.493 e. The zero-order valence-electron chi connectivity index (χ0n) is 18.5. The molecule has 4 rings (SSSR count). The van der Waals surface area contributed by atoms with Crippen molar-refractivity contribution < 1.29 is 19.2 Å². The number of hydrogen-bond acceptors (Lipinski definition) is 9. The molecule has 0 fully saturated rings. The molecule has 0 aliphatic heterocycles. The number of halogens is 2. The van der Waals surface area contributed by atoms with E-state index >= 15 is 0 Å². The number of aromatic nitrogens is 1. The monoisotopic (exact) mass is 542 g/mol. The average Bonchev–Trinajstić information content (AvgIpc) is 3.33. The van der Waals surface area contributed by atoms with Gasteiger partial charge in [0.25, 0.3) is 5.69 Å². The minimum absolute atomic E-state index is 0.0452. The van der Waals surface area contributed by atoms with Gasteiger partial charge < -0.3 is 9.47 Å². The van der Waals surface area contributed by atoms with E-state index in [-0.39, 0.29) is 22.7 Å². The number of carbonyl (C=O) groups excluding carboxylic acids is 1. The van der Waals surface area contributed by atoms with E-state index < -0.39 is 10.9 Å². The van der Waals surface area contributed by atoms with Crippen LogP contribution in [0.5, 0.6) is 11.5 Å². The Morgan fingerprint density at radius 3 is 2.72 bits per heavy atom. The number of anilines is 1. The lowest BCUT2D eigenvalue weighted by molar-refractivity contribution is -0.384. The second-order valence-electron chi connectivity index (χ2n) is 7.14. The van der Waals surface area contributed by atoms with Gasteiger partial charge in [-0.3, -0.25) is 15.5 Å². The molecular weight excluding hydrogens is 527 g/mol. The van der Waals surface area contributed by atoms with Crippen molar-refractivity contribution >= 4 is 57.5 Å². The van der Waals surface area contributed by atoms with E-state index in [1.165, 1.54) is 36.6 Å². The van der Waals surface area contributed by atoms with E-state index in [9.17, 15) is 14.9 Å². The van der Waals surface area contributed by atoms with Gasteiger partial charge in [-0.05, 0) is 48.0 Å². The van der Waals surface area contributed by atoms with Crippen LogP contribution in [0, 0.1) is 10.1 Å².